The van der Waals surface area contributed by atoms with Crippen LogP contribution < -0.4 is 0 Å². The van der Waals surface area contributed by atoms with Crippen LogP contribution in [0.3, 0.4) is 0 Å². The molecule has 1 aromatic heterocycles. The third-order valence-corrected chi connectivity index (χ3v) is 3.09. The molecule has 0 aliphatic heterocycles. The number of hydrogen-bond acceptors (Lipinski definition) is 1. The normalized spacial score (nSPS) is 11.9. The van der Waals surface area contributed by atoms with Crippen LogP contribution in [-0.2, 0) is 13.2 Å². The van der Waals surface area contributed by atoms with Crippen LogP contribution in [0.5, 0.6) is 0 Å². The van der Waals surface area contributed by atoms with Gasteiger partial charge in [0.1, 0.15) is 5.82 Å². The van der Waals surface area contributed by atoms with Gasteiger partial charge in [-0.05, 0) is 26.0 Å². The minimum Gasteiger partial charge on any atom is -0.335 e. The first-order chi connectivity index (χ1) is 8.30. The Bertz CT molecular complexity index is 565. The van der Waals surface area contributed by atoms with Gasteiger partial charge in [0.25, 0.3) is 0 Å². The Hall–Kier alpha value is -1.78. The van der Waals surface area contributed by atoms with Crippen LogP contribution >= 0.6 is 0 Å². The van der Waals surface area contributed by atoms with Gasteiger partial charge in [-0.1, -0.05) is 12.1 Å². The van der Waals surface area contributed by atoms with E-state index in [1.54, 1.807) is 0 Å². The molecule has 96 valence electrons. The number of alkyl halides is 3. The topological polar surface area (TPSA) is 17.8 Å². The molecule has 0 saturated heterocycles. The molecule has 1 aromatic carbocycles. The second-order valence-corrected chi connectivity index (χ2v) is 4.23. The van der Waals surface area contributed by atoms with Crippen molar-refractivity contribution in [3.63, 3.8) is 0 Å². The molecule has 0 aliphatic rings. The van der Waals surface area contributed by atoms with Gasteiger partial charge in [-0.25, -0.2) is 4.98 Å². The standard InChI is InChI=1S/C13H13F3N2/c1-8-12(17-9(2)18(8)3)10-4-6-11(7-5-10)13(14,15)16/h4-7H,1-3H3. The summed E-state index contributed by atoms with van der Waals surface area (Å²) in [4.78, 5) is 4.35. The van der Waals surface area contributed by atoms with E-state index in [9.17, 15) is 13.2 Å². The quantitative estimate of drug-likeness (QED) is 0.758. The molecule has 0 atom stereocenters. The second-order valence-electron chi connectivity index (χ2n) is 4.23. The van der Waals surface area contributed by atoms with Crippen molar-refractivity contribution in [3.05, 3.63) is 41.3 Å². The van der Waals surface area contributed by atoms with Crippen LogP contribution in [0.15, 0.2) is 24.3 Å². The SMILES string of the molecule is Cc1nc(-c2ccc(C(F)(F)F)cc2)c(C)n1C. The van der Waals surface area contributed by atoms with E-state index in [0.29, 0.717) is 5.56 Å². The first-order valence-electron chi connectivity index (χ1n) is 5.48. The lowest BCUT2D eigenvalue weighted by Gasteiger charge is -2.07. The number of imidazole rings is 1. The highest BCUT2D eigenvalue weighted by atomic mass is 19.4. The first kappa shape index (κ1) is 12.7. The summed E-state index contributed by atoms with van der Waals surface area (Å²) in [5, 5.41) is 0. The molecule has 0 spiro atoms. The van der Waals surface area contributed by atoms with Crippen molar-refractivity contribution in [1.82, 2.24) is 9.55 Å². The van der Waals surface area contributed by atoms with Gasteiger partial charge >= 0.3 is 6.18 Å². The van der Waals surface area contributed by atoms with Gasteiger partial charge < -0.3 is 4.57 Å². The zero-order chi connectivity index (χ0) is 13.5. The van der Waals surface area contributed by atoms with Crippen molar-refractivity contribution in [3.8, 4) is 11.3 Å². The molecule has 1 heterocycles. The van der Waals surface area contributed by atoms with Gasteiger partial charge in [-0.2, -0.15) is 13.2 Å². The van der Waals surface area contributed by atoms with E-state index in [1.165, 1.54) is 12.1 Å². The third-order valence-electron chi connectivity index (χ3n) is 3.09. The number of benzene rings is 1. The molecule has 0 fully saturated rings. The molecule has 0 N–H and O–H groups in total. The highest BCUT2D eigenvalue weighted by Gasteiger charge is 2.30. The minimum atomic E-state index is -4.30. The van der Waals surface area contributed by atoms with E-state index >= 15 is 0 Å². The molecule has 0 bridgehead atoms. The lowest BCUT2D eigenvalue weighted by Crippen LogP contribution is -2.04. The van der Waals surface area contributed by atoms with Gasteiger partial charge in [0.15, 0.2) is 0 Å². The fraction of sp³-hybridized carbons (Fsp3) is 0.308. The van der Waals surface area contributed by atoms with Crippen LogP contribution in [-0.4, -0.2) is 9.55 Å². The predicted octanol–water partition coefficient (Wildman–Crippen LogP) is 3.72. The molecule has 0 radical (unpaired) electrons. The molecule has 2 nitrogen and oxygen atoms in total. The summed E-state index contributed by atoms with van der Waals surface area (Å²) in [5.74, 6) is 0.836. The van der Waals surface area contributed by atoms with Gasteiger partial charge in [-0.15, -0.1) is 0 Å². The number of rotatable bonds is 1. The smallest absolute Gasteiger partial charge is 0.335 e. The Morgan fingerprint density at radius 2 is 1.61 bits per heavy atom. The fourth-order valence-electron chi connectivity index (χ4n) is 1.81. The number of aryl methyl sites for hydroxylation is 1. The van der Waals surface area contributed by atoms with Gasteiger partial charge in [-0.3, -0.25) is 0 Å². The maximum atomic E-state index is 12.4. The molecule has 18 heavy (non-hydrogen) atoms. The summed E-state index contributed by atoms with van der Waals surface area (Å²) in [6.45, 7) is 3.76. The summed E-state index contributed by atoms with van der Waals surface area (Å²) in [6, 6.07) is 5.08. The number of nitrogens with zero attached hydrogens (tertiary/aromatic N) is 2. The van der Waals surface area contributed by atoms with Crippen molar-refractivity contribution in [2.45, 2.75) is 20.0 Å². The minimum absolute atomic E-state index is 0.642. The van der Waals surface area contributed by atoms with Crippen molar-refractivity contribution >= 4 is 0 Å². The van der Waals surface area contributed by atoms with E-state index in [1.807, 2.05) is 25.5 Å². The predicted molar refractivity (Wildman–Crippen MR) is 63.1 cm³/mol. The number of hydrogen-bond donors (Lipinski definition) is 0. The van der Waals surface area contributed by atoms with Gasteiger partial charge in [0.05, 0.1) is 11.3 Å². The zero-order valence-corrected chi connectivity index (χ0v) is 10.3. The molecule has 2 aromatic rings. The Labute approximate surface area is 103 Å². The van der Waals surface area contributed by atoms with Gasteiger partial charge in [0, 0.05) is 18.3 Å². The fourth-order valence-corrected chi connectivity index (χ4v) is 1.81. The Morgan fingerprint density at radius 3 is 2.00 bits per heavy atom. The first-order valence-corrected chi connectivity index (χ1v) is 5.48. The Kier molecular flexibility index (Phi) is 2.92. The van der Waals surface area contributed by atoms with Crippen molar-refractivity contribution in [2.24, 2.45) is 7.05 Å². The molecule has 0 amide bonds. The molecule has 0 saturated carbocycles. The van der Waals surface area contributed by atoms with E-state index in [4.69, 9.17) is 0 Å². The van der Waals surface area contributed by atoms with E-state index in [-0.39, 0.29) is 0 Å². The molecule has 5 heteroatoms. The van der Waals surface area contributed by atoms with Crippen LogP contribution in [0, 0.1) is 13.8 Å². The second kappa shape index (κ2) is 4.15. The van der Waals surface area contributed by atoms with Crippen molar-refractivity contribution in [1.29, 1.82) is 0 Å². The maximum absolute atomic E-state index is 12.4. The third kappa shape index (κ3) is 2.12. The molecule has 2 rings (SSSR count). The van der Waals surface area contributed by atoms with Crippen LogP contribution in [0.2, 0.25) is 0 Å². The largest absolute Gasteiger partial charge is 0.416 e. The van der Waals surface area contributed by atoms with E-state index in [2.05, 4.69) is 4.98 Å². The van der Waals surface area contributed by atoms with Crippen LogP contribution in [0.4, 0.5) is 13.2 Å². The van der Waals surface area contributed by atoms with E-state index in [0.717, 1.165) is 29.3 Å². The van der Waals surface area contributed by atoms with Crippen LogP contribution in [0.1, 0.15) is 17.1 Å². The lowest BCUT2D eigenvalue weighted by molar-refractivity contribution is -0.137. The van der Waals surface area contributed by atoms with E-state index < -0.39 is 11.7 Å². The average molecular weight is 254 g/mol. The summed E-state index contributed by atoms with van der Waals surface area (Å²) >= 11 is 0. The Balaban J connectivity index is 2.44. The molecular formula is C13H13F3N2. The Morgan fingerprint density at radius 1 is 1.06 bits per heavy atom. The lowest BCUT2D eigenvalue weighted by atomic mass is 10.1. The van der Waals surface area contributed by atoms with Crippen LogP contribution in [0.25, 0.3) is 11.3 Å². The molecule has 0 aliphatic carbocycles. The highest BCUT2D eigenvalue weighted by Crippen LogP contribution is 2.31. The highest BCUT2D eigenvalue weighted by molar-refractivity contribution is 5.62. The average Bonchev–Trinajstić information content (AvgIpc) is 2.56. The number of aromatic nitrogens is 2. The van der Waals surface area contributed by atoms with Gasteiger partial charge in [0.2, 0.25) is 0 Å². The molecule has 0 unspecified atom stereocenters. The summed E-state index contributed by atoms with van der Waals surface area (Å²) in [6.07, 6.45) is -4.30. The van der Waals surface area contributed by atoms with Crippen molar-refractivity contribution in [2.75, 3.05) is 0 Å². The summed E-state index contributed by atoms with van der Waals surface area (Å²) < 4.78 is 39.3. The zero-order valence-electron chi connectivity index (χ0n) is 10.3. The monoisotopic (exact) mass is 254 g/mol. The summed E-state index contributed by atoms with van der Waals surface area (Å²) in [7, 11) is 1.88. The number of halogens is 3. The molecular weight excluding hydrogens is 241 g/mol. The van der Waals surface area contributed by atoms with Crippen molar-refractivity contribution < 1.29 is 13.2 Å². The summed E-state index contributed by atoms with van der Waals surface area (Å²) in [5.41, 5.74) is 1.72. The maximum Gasteiger partial charge on any atom is 0.416 e.